The van der Waals surface area contributed by atoms with Crippen LogP contribution in [0.5, 0.6) is 5.75 Å². The lowest BCUT2D eigenvalue weighted by Gasteiger charge is -2.09. The average molecular weight is 452 g/mol. The Morgan fingerprint density at radius 2 is 1.75 bits per heavy atom. The van der Waals surface area contributed by atoms with Crippen molar-refractivity contribution in [3.63, 3.8) is 0 Å². The first-order valence-corrected chi connectivity index (χ1v) is 10.8. The molecule has 0 spiro atoms. The lowest BCUT2D eigenvalue weighted by Crippen LogP contribution is -2.04. The van der Waals surface area contributed by atoms with Crippen LogP contribution in [0.15, 0.2) is 80.9 Å². The topological polar surface area (TPSA) is 141 Å². The highest BCUT2D eigenvalue weighted by Crippen LogP contribution is 2.31. The zero-order valence-electron chi connectivity index (χ0n) is 17.2. The van der Waals surface area contributed by atoms with Gasteiger partial charge in [0.2, 0.25) is 5.84 Å². The summed E-state index contributed by atoms with van der Waals surface area (Å²) in [7, 11) is -4.49. The normalized spacial score (nSPS) is 12.2. The molecule has 3 aromatic carbocycles. The average Bonchev–Trinajstić information content (AvgIpc) is 2.76. The molecule has 0 saturated carbocycles. The van der Waals surface area contributed by atoms with E-state index in [0.29, 0.717) is 23.1 Å². The molecular formula is C22H20N4O5S. The van der Waals surface area contributed by atoms with Gasteiger partial charge in [0.15, 0.2) is 6.29 Å². The number of nitrogens with zero attached hydrogens (tertiary/aromatic N) is 3. The number of hydrogen-bond acceptors (Lipinski definition) is 7. The molecule has 32 heavy (non-hydrogen) atoms. The van der Waals surface area contributed by atoms with Crippen molar-refractivity contribution < 1.29 is 22.9 Å². The molecule has 0 aromatic heterocycles. The second-order valence-electron chi connectivity index (χ2n) is 6.90. The van der Waals surface area contributed by atoms with Gasteiger partial charge in [0.05, 0.1) is 16.3 Å². The Bertz CT molecular complexity index is 1320. The van der Waals surface area contributed by atoms with Crippen molar-refractivity contribution in [3.05, 3.63) is 82.9 Å². The SMILES string of the molecule is Cc1ccc(C=O)c(N=NC(=NNc2cc(S(=O)(=O)O)cc(C)c2O)c2ccccc2)c1. The summed E-state index contributed by atoms with van der Waals surface area (Å²) in [6, 6.07) is 16.1. The third-order valence-corrected chi connectivity index (χ3v) is 5.28. The van der Waals surface area contributed by atoms with E-state index in [9.17, 15) is 22.9 Å². The molecule has 0 unspecified atom stereocenters. The summed E-state index contributed by atoms with van der Waals surface area (Å²) in [6.45, 7) is 3.34. The second-order valence-corrected chi connectivity index (χ2v) is 8.33. The Hall–Kier alpha value is -3.89. The van der Waals surface area contributed by atoms with E-state index in [1.165, 1.54) is 6.92 Å². The third kappa shape index (κ3) is 5.42. The lowest BCUT2D eigenvalue weighted by atomic mass is 10.1. The number of amidine groups is 1. The van der Waals surface area contributed by atoms with Crippen molar-refractivity contribution in [1.82, 2.24) is 0 Å². The molecule has 0 aliphatic rings. The molecule has 0 atom stereocenters. The fourth-order valence-corrected chi connectivity index (χ4v) is 3.36. The third-order valence-electron chi connectivity index (χ3n) is 4.45. The Kier molecular flexibility index (Phi) is 6.76. The van der Waals surface area contributed by atoms with Crippen molar-refractivity contribution in [2.45, 2.75) is 18.7 Å². The van der Waals surface area contributed by atoms with Crippen LogP contribution < -0.4 is 5.43 Å². The van der Waals surface area contributed by atoms with Gasteiger partial charge in [-0.2, -0.15) is 13.5 Å². The van der Waals surface area contributed by atoms with Crippen LogP contribution in [0.4, 0.5) is 11.4 Å². The molecule has 0 radical (unpaired) electrons. The van der Waals surface area contributed by atoms with Gasteiger partial charge in [-0.15, -0.1) is 10.2 Å². The molecule has 0 heterocycles. The summed E-state index contributed by atoms with van der Waals surface area (Å²) in [5, 5.41) is 22.7. The van der Waals surface area contributed by atoms with E-state index in [0.717, 1.165) is 17.7 Å². The Labute approximate surface area is 184 Å². The highest BCUT2D eigenvalue weighted by molar-refractivity contribution is 7.85. The molecule has 0 aliphatic carbocycles. The second kappa shape index (κ2) is 9.50. The van der Waals surface area contributed by atoms with Crippen LogP contribution in [0.3, 0.4) is 0 Å². The van der Waals surface area contributed by atoms with Crippen LogP contribution in [0.1, 0.15) is 27.0 Å². The Balaban J connectivity index is 2.04. The van der Waals surface area contributed by atoms with Gasteiger partial charge in [0.25, 0.3) is 10.1 Å². The van der Waals surface area contributed by atoms with Gasteiger partial charge in [0, 0.05) is 11.1 Å². The number of carbonyl (C=O) groups is 1. The molecule has 0 bridgehead atoms. The molecule has 0 aliphatic heterocycles. The fraction of sp³-hybridized carbons (Fsp3) is 0.0909. The quantitative estimate of drug-likeness (QED) is 0.0947. The van der Waals surface area contributed by atoms with Crippen molar-refractivity contribution in [1.29, 1.82) is 0 Å². The summed E-state index contributed by atoms with van der Waals surface area (Å²) >= 11 is 0. The number of hydrazone groups is 1. The van der Waals surface area contributed by atoms with Crippen LogP contribution in [0, 0.1) is 13.8 Å². The van der Waals surface area contributed by atoms with Crippen molar-refractivity contribution in [2.75, 3.05) is 5.43 Å². The van der Waals surface area contributed by atoms with E-state index in [-0.39, 0.29) is 22.8 Å². The molecule has 3 rings (SSSR count). The van der Waals surface area contributed by atoms with Gasteiger partial charge in [-0.25, -0.2) is 0 Å². The predicted octanol–water partition coefficient (Wildman–Crippen LogP) is 4.63. The fourth-order valence-electron chi connectivity index (χ4n) is 2.77. The van der Waals surface area contributed by atoms with E-state index in [1.54, 1.807) is 42.5 Å². The van der Waals surface area contributed by atoms with Crippen LogP contribution >= 0.6 is 0 Å². The molecule has 10 heteroatoms. The zero-order chi connectivity index (χ0) is 23.3. The number of carbonyl (C=O) groups excluding carboxylic acids is 1. The maximum absolute atomic E-state index is 11.5. The summed E-state index contributed by atoms with van der Waals surface area (Å²) < 4.78 is 32.3. The maximum Gasteiger partial charge on any atom is 0.294 e. The number of azo groups is 1. The molecular weight excluding hydrogens is 432 g/mol. The number of aryl methyl sites for hydroxylation is 2. The number of hydrogen-bond donors (Lipinski definition) is 3. The van der Waals surface area contributed by atoms with E-state index in [1.807, 2.05) is 13.0 Å². The highest BCUT2D eigenvalue weighted by atomic mass is 32.2. The first-order chi connectivity index (χ1) is 15.2. The monoisotopic (exact) mass is 452 g/mol. The molecule has 164 valence electrons. The molecule has 3 N–H and O–H groups in total. The van der Waals surface area contributed by atoms with Crippen LogP contribution in [-0.2, 0) is 10.1 Å². The van der Waals surface area contributed by atoms with Crippen molar-refractivity contribution in [3.8, 4) is 5.75 Å². The van der Waals surface area contributed by atoms with Crippen molar-refractivity contribution >= 4 is 33.6 Å². The predicted molar refractivity (Wildman–Crippen MR) is 120 cm³/mol. The molecule has 3 aromatic rings. The summed E-state index contributed by atoms with van der Waals surface area (Å²) in [4.78, 5) is 10.9. The van der Waals surface area contributed by atoms with E-state index in [2.05, 4.69) is 20.8 Å². The van der Waals surface area contributed by atoms with Gasteiger partial charge in [-0.05, 0) is 49.2 Å². The van der Waals surface area contributed by atoms with Gasteiger partial charge in [0.1, 0.15) is 5.75 Å². The maximum atomic E-state index is 11.5. The summed E-state index contributed by atoms with van der Waals surface area (Å²) in [5.41, 5.74) is 4.93. The van der Waals surface area contributed by atoms with Crippen LogP contribution in [0.2, 0.25) is 0 Å². The Morgan fingerprint density at radius 1 is 1.03 bits per heavy atom. The summed E-state index contributed by atoms with van der Waals surface area (Å²) in [6.07, 6.45) is 0.674. The minimum Gasteiger partial charge on any atom is -0.505 e. The van der Waals surface area contributed by atoms with E-state index < -0.39 is 15.0 Å². The van der Waals surface area contributed by atoms with Gasteiger partial charge in [-0.1, -0.05) is 36.4 Å². The smallest absolute Gasteiger partial charge is 0.294 e. The number of benzene rings is 3. The van der Waals surface area contributed by atoms with Gasteiger partial charge >= 0.3 is 0 Å². The number of aromatic hydroxyl groups is 1. The number of aldehydes is 1. The van der Waals surface area contributed by atoms with E-state index in [4.69, 9.17) is 0 Å². The van der Waals surface area contributed by atoms with Crippen LogP contribution in [-0.4, -0.2) is 30.2 Å². The first kappa shape index (κ1) is 22.8. The molecule has 9 nitrogen and oxygen atoms in total. The first-order valence-electron chi connectivity index (χ1n) is 9.37. The highest BCUT2D eigenvalue weighted by Gasteiger charge is 2.15. The molecule has 0 saturated heterocycles. The summed E-state index contributed by atoms with van der Waals surface area (Å²) in [5.74, 6) is -0.134. The largest absolute Gasteiger partial charge is 0.505 e. The minimum absolute atomic E-state index is 0.0506. The number of phenols is 1. The number of phenolic OH excluding ortho intramolecular Hbond substituents is 1. The van der Waals surface area contributed by atoms with Gasteiger partial charge in [-0.3, -0.25) is 14.8 Å². The van der Waals surface area contributed by atoms with Gasteiger partial charge < -0.3 is 5.11 Å². The molecule has 0 amide bonds. The lowest BCUT2D eigenvalue weighted by molar-refractivity contribution is 0.112. The zero-order valence-corrected chi connectivity index (χ0v) is 18.0. The number of nitrogens with one attached hydrogen (secondary N) is 1. The molecule has 0 fully saturated rings. The minimum atomic E-state index is -4.49. The standard InChI is InChI=1S/C22H20N4O5S/c1-14-8-9-17(13-27)19(10-14)23-25-22(16-6-4-3-5-7-16)26-24-20-12-18(32(29,30)31)11-15(2)21(20)28/h3-13,24,28H,1-2H3,(H,29,30,31). The Morgan fingerprint density at radius 3 is 2.41 bits per heavy atom. The van der Waals surface area contributed by atoms with Crippen LogP contribution in [0.25, 0.3) is 0 Å². The van der Waals surface area contributed by atoms with Crippen molar-refractivity contribution in [2.24, 2.45) is 15.3 Å². The number of anilines is 1. The number of rotatable bonds is 6. The van der Waals surface area contributed by atoms with E-state index >= 15 is 0 Å².